The van der Waals surface area contributed by atoms with E-state index < -0.39 is 35.8 Å². The number of benzene rings is 2. The zero-order chi connectivity index (χ0) is 21.9. The molecule has 0 radical (unpaired) electrons. The van der Waals surface area contributed by atoms with Gasteiger partial charge in [0.15, 0.2) is 0 Å². The van der Waals surface area contributed by atoms with Gasteiger partial charge >= 0.3 is 12.2 Å². The minimum absolute atomic E-state index is 0.131. The highest BCUT2D eigenvalue weighted by molar-refractivity contribution is 6.64. The third kappa shape index (κ3) is 7.73. The van der Waals surface area contributed by atoms with Gasteiger partial charge in [0, 0.05) is 0 Å². The van der Waals surface area contributed by atoms with Crippen molar-refractivity contribution in [1.29, 1.82) is 0 Å². The average molecular weight is 453 g/mol. The molecule has 0 aromatic heterocycles. The van der Waals surface area contributed by atoms with Crippen molar-refractivity contribution in [3.05, 3.63) is 71.8 Å². The lowest BCUT2D eigenvalue weighted by molar-refractivity contribution is -0.121. The summed E-state index contributed by atoms with van der Waals surface area (Å²) in [5.74, 6) is 0. The van der Waals surface area contributed by atoms with E-state index in [4.69, 9.17) is 32.7 Å². The van der Waals surface area contributed by atoms with E-state index in [1.165, 1.54) is 0 Å². The molecule has 0 unspecified atom stereocenters. The normalized spacial score (nSPS) is 10.1. The van der Waals surface area contributed by atoms with Crippen LogP contribution in [0.3, 0.4) is 0 Å². The molecule has 0 aliphatic carbocycles. The van der Waals surface area contributed by atoms with Crippen molar-refractivity contribution in [3.8, 4) is 0 Å². The van der Waals surface area contributed by atoms with Crippen molar-refractivity contribution >= 4 is 45.9 Å². The molecular formula is C20H18Cl2N2O6. The third-order valence-electron chi connectivity index (χ3n) is 3.67. The molecule has 10 heteroatoms. The largest absolute Gasteiger partial charge is 0.443 e. The molecule has 0 N–H and O–H groups in total. The lowest BCUT2D eigenvalue weighted by Crippen LogP contribution is -2.53. The van der Waals surface area contributed by atoms with E-state index in [9.17, 15) is 19.2 Å². The number of halogens is 2. The number of nitrogens with zero attached hydrogens (tertiary/aromatic N) is 2. The molecule has 2 aromatic rings. The van der Waals surface area contributed by atoms with E-state index >= 15 is 0 Å². The fourth-order valence-corrected chi connectivity index (χ4v) is 2.55. The standard InChI is InChI=1S/C20H18Cl2N2O6/c21-17(25)11-23(19(27)29-13-15-7-3-1-4-8-15)24(12-18(22)26)20(28)30-14-16-9-5-2-6-10-16/h1-10H,11-14H2. The fraction of sp³-hybridized carbons (Fsp3) is 0.200. The van der Waals surface area contributed by atoms with Crippen molar-refractivity contribution in [2.24, 2.45) is 0 Å². The van der Waals surface area contributed by atoms with Gasteiger partial charge in [0.2, 0.25) is 10.5 Å². The molecule has 0 fully saturated rings. The van der Waals surface area contributed by atoms with Gasteiger partial charge in [0.05, 0.1) is 0 Å². The van der Waals surface area contributed by atoms with Crippen molar-refractivity contribution < 1.29 is 28.7 Å². The summed E-state index contributed by atoms with van der Waals surface area (Å²) in [6.45, 7) is -1.73. The van der Waals surface area contributed by atoms with Gasteiger partial charge in [-0.1, -0.05) is 60.7 Å². The van der Waals surface area contributed by atoms with Crippen LogP contribution in [-0.2, 0) is 32.3 Å². The molecule has 0 bridgehead atoms. The highest BCUT2D eigenvalue weighted by atomic mass is 35.5. The number of hydrogen-bond donors (Lipinski definition) is 0. The minimum atomic E-state index is -1.08. The summed E-state index contributed by atoms with van der Waals surface area (Å²) in [4.78, 5) is 48.0. The van der Waals surface area contributed by atoms with Crippen LogP contribution in [-0.4, -0.2) is 45.8 Å². The number of carbonyl (C=O) groups is 4. The summed E-state index contributed by atoms with van der Waals surface area (Å²) in [6.07, 6.45) is -2.16. The van der Waals surface area contributed by atoms with Crippen LogP contribution in [0.4, 0.5) is 9.59 Å². The molecule has 0 saturated heterocycles. The quantitative estimate of drug-likeness (QED) is 0.447. The van der Waals surface area contributed by atoms with Gasteiger partial charge < -0.3 is 9.47 Å². The lowest BCUT2D eigenvalue weighted by Gasteiger charge is -2.31. The fourth-order valence-electron chi connectivity index (χ4n) is 2.32. The molecule has 158 valence electrons. The van der Waals surface area contributed by atoms with E-state index in [0.29, 0.717) is 21.1 Å². The second-order valence-electron chi connectivity index (χ2n) is 5.91. The van der Waals surface area contributed by atoms with Crippen LogP contribution < -0.4 is 0 Å². The highest BCUT2D eigenvalue weighted by Gasteiger charge is 2.31. The zero-order valence-corrected chi connectivity index (χ0v) is 17.2. The second-order valence-corrected chi connectivity index (χ2v) is 6.75. The van der Waals surface area contributed by atoms with Crippen LogP contribution in [0.1, 0.15) is 11.1 Å². The van der Waals surface area contributed by atoms with E-state index in [-0.39, 0.29) is 13.2 Å². The monoisotopic (exact) mass is 452 g/mol. The number of rotatable bonds is 8. The van der Waals surface area contributed by atoms with E-state index in [1.54, 1.807) is 60.7 Å². The molecule has 2 amide bonds. The third-order valence-corrected chi connectivity index (χ3v) is 3.91. The summed E-state index contributed by atoms with van der Waals surface area (Å²) in [7, 11) is 0. The van der Waals surface area contributed by atoms with E-state index in [2.05, 4.69) is 0 Å². The van der Waals surface area contributed by atoms with Crippen molar-refractivity contribution in [2.45, 2.75) is 13.2 Å². The molecule has 30 heavy (non-hydrogen) atoms. The second kappa shape index (κ2) is 11.8. The maximum Gasteiger partial charge on any atom is 0.429 e. The Labute approximate surface area is 182 Å². The molecule has 2 rings (SSSR count). The van der Waals surface area contributed by atoms with Crippen LogP contribution in [0.25, 0.3) is 0 Å². The Kier molecular flexibility index (Phi) is 9.11. The SMILES string of the molecule is O=C(Cl)CN(C(=O)OCc1ccccc1)N(CC(=O)Cl)C(=O)OCc1ccccc1. The number of carbonyl (C=O) groups excluding carboxylic acids is 4. The Morgan fingerprint density at radius 1 is 0.633 bits per heavy atom. The van der Waals surface area contributed by atoms with Gasteiger partial charge in [-0.2, -0.15) is 0 Å². The maximum atomic E-state index is 12.5. The van der Waals surface area contributed by atoms with Gasteiger partial charge in [-0.25, -0.2) is 19.6 Å². The van der Waals surface area contributed by atoms with Crippen LogP contribution in [0, 0.1) is 0 Å². The predicted molar refractivity (Wildman–Crippen MR) is 108 cm³/mol. The van der Waals surface area contributed by atoms with Gasteiger partial charge in [-0.05, 0) is 34.3 Å². The topological polar surface area (TPSA) is 93.2 Å². The van der Waals surface area contributed by atoms with E-state index in [1.807, 2.05) is 0 Å². The minimum Gasteiger partial charge on any atom is -0.443 e. The van der Waals surface area contributed by atoms with Gasteiger partial charge in [-0.3, -0.25) is 9.59 Å². The number of hydrazine groups is 1. The Balaban J connectivity index is 2.13. The first-order chi connectivity index (χ1) is 14.4. The first-order valence-electron chi connectivity index (χ1n) is 8.70. The molecule has 0 saturated carbocycles. The maximum absolute atomic E-state index is 12.5. The van der Waals surface area contributed by atoms with Gasteiger partial charge in [-0.15, -0.1) is 0 Å². The summed E-state index contributed by atoms with van der Waals surface area (Å²) < 4.78 is 10.3. The Bertz CT molecular complexity index is 806. The van der Waals surface area contributed by atoms with Crippen LogP contribution in [0.15, 0.2) is 60.7 Å². The lowest BCUT2D eigenvalue weighted by atomic mass is 10.2. The Morgan fingerprint density at radius 3 is 1.27 bits per heavy atom. The average Bonchev–Trinajstić information content (AvgIpc) is 2.74. The van der Waals surface area contributed by atoms with Gasteiger partial charge in [0.1, 0.15) is 26.3 Å². The number of hydrogen-bond acceptors (Lipinski definition) is 6. The summed E-state index contributed by atoms with van der Waals surface area (Å²) in [5, 5.41) is -0.776. The van der Waals surface area contributed by atoms with Crippen LogP contribution >= 0.6 is 23.2 Å². The summed E-state index contributed by atoms with van der Waals surface area (Å²) in [6, 6.07) is 17.5. The highest BCUT2D eigenvalue weighted by Crippen LogP contribution is 2.11. The van der Waals surface area contributed by atoms with Crippen molar-refractivity contribution in [1.82, 2.24) is 10.0 Å². The number of ether oxygens (including phenoxy) is 2. The molecule has 0 aliphatic heterocycles. The first kappa shape index (κ1) is 23.2. The van der Waals surface area contributed by atoms with Crippen molar-refractivity contribution in [2.75, 3.05) is 13.1 Å². The molecule has 8 nitrogen and oxygen atoms in total. The van der Waals surface area contributed by atoms with Crippen LogP contribution in [0.2, 0.25) is 0 Å². The van der Waals surface area contributed by atoms with Gasteiger partial charge in [0.25, 0.3) is 0 Å². The smallest absolute Gasteiger partial charge is 0.429 e. The van der Waals surface area contributed by atoms with E-state index in [0.717, 1.165) is 0 Å². The zero-order valence-electron chi connectivity index (χ0n) is 15.7. The molecule has 0 atom stereocenters. The summed E-state index contributed by atoms with van der Waals surface area (Å²) in [5.41, 5.74) is 1.35. The predicted octanol–water partition coefficient (Wildman–Crippen LogP) is 3.71. The molecule has 0 aliphatic rings. The van der Waals surface area contributed by atoms with Crippen LogP contribution in [0.5, 0.6) is 0 Å². The summed E-state index contributed by atoms with van der Waals surface area (Å²) >= 11 is 10.8. The first-order valence-corrected chi connectivity index (χ1v) is 9.45. The molecule has 2 aromatic carbocycles. The van der Waals surface area contributed by atoms with Crippen molar-refractivity contribution in [3.63, 3.8) is 0 Å². The Morgan fingerprint density at radius 2 is 0.967 bits per heavy atom. The Hall–Kier alpha value is -3.10. The molecule has 0 heterocycles. The number of amides is 2. The molecule has 0 spiro atoms. The molecular weight excluding hydrogens is 435 g/mol.